The summed E-state index contributed by atoms with van der Waals surface area (Å²) in [7, 11) is 0. The van der Waals surface area contributed by atoms with Crippen molar-refractivity contribution in [1.82, 2.24) is 4.90 Å². The van der Waals surface area contributed by atoms with Crippen LogP contribution in [0.25, 0.3) is 11.1 Å². The van der Waals surface area contributed by atoms with Crippen molar-refractivity contribution in [3.05, 3.63) is 101 Å². The molecular weight excluding hydrogens is 469 g/mol. The largest absolute Gasteiger partial charge is 0.481 e. The summed E-state index contributed by atoms with van der Waals surface area (Å²) >= 11 is 0. The van der Waals surface area contributed by atoms with E-state index in [1.807, 2.05) is 23.1 Å². The Morgan fingerprint density at radius 2 is 1.92 bits per heavy atom. The molecule has 4 rings (SSSR count). The van der Waals surface area contributed by atoms with Crippen LogP contribution in [0.4, 0.5) is 13.2 Å². The molecule has 1 aliphatic carbocycles. The molecule has 0 unspecified atom stereocenters. The van der Waals surface area contributed by atoms with Gasteiger partial charge in [0.2, 0.25) is 0 Å². The lowest BCUT2D eigenvalue weighted by molar-refractivity contribution is -0.147. The van der Waals surface area contributed by atoms with Gasteiger partial charge in [0.1, 0.15) is 6.61 Å². The highest BCUT2D eigenvalue weighted by molar-refractivity contribution is 6.00. The molecule has 8 heteroatoms. The van der Waals surface area contributed by atoms with Crippen LogP contribution in [0.2, 0.25) is 0 Å². The SMILES string of the molecule is CC(=NOCc1ccc(-c2ccccc2)c(C(F)(F)F)c1)C1=CC=C=C(CN2CC(C(=O)O)C2)C=C1. The molecule has 0 aromatic heterocycles. The van der Waals surface area contributed by atoms with Crippen LogP contribution >= 0.6 is 0 Å². The molecule has 36 heavy (non-hydrogen) atoms. The van der Waals surface area contributed by atoms with Crippen molar-refractivity contribution in [3.63, 3.8) is 0 Å². The number of hydrogen-bond donors (Lipinski definition) is 1. The van der Waals surface area contributed by atoms with E-state index < -0.39 is 17.7 Å². The van der Waals surface area contributed by atoms with Crippen LogP contribution in [0.5, 0.6) is 0 Å². The van der Waals surface area contributed by atoms with Crippen LogP contribution in [0.3, 0.4) is 0 Å². The minimum atomic E-state index is -4.50. The number of carboxylic acids is 1. The molecule has 0 spiro atoms. The summed E-state index contributed by atoms with van der Waals surface area (Å²) in [4.78, 5) is 18.4. The van der Waals surface area contributed by atoms with Gasteiger partial charge in [0.05, 0.1) is 17.2 Å². The normalized spacial score (nSPS) is 16.7. The van der Waals surface area contributed by atoms with Gasteiger partial charge in [0.25, 0.3) is 0 Å². The highest BCUT2D eigenvalue weighted by atomic mass is 19.4. The average Bonchev–Trinajstić information content (AvgIpc) is 3.06. The van der Waals surface area contributed by atoms with Gasteiger partial charge in [0, 0.05) is 25.2 Å². The molecule has 2 aliphatic rings. The average molecular weight is 495 g/mol. The summed E-state index contributed by atoms with van der Waals surface area (Å²) in [6.45, 7) is 3.29. The molecule has 2 aromatic carbocycles. The predicted octanol–water partition coefficient (Wildman–Crippen LogP) is 5.86. The minimum absolute atomic E-state index is 0.106. The van der Waals surface area contributed by atoms with Gasteiger partial charge in [-0.15, -0.1) is 5.73 Å². The molecule has 186 valence electrons. The molecule has 2 aromatic rings. The minimum Gasteiger partial charge on any atom is -0.481 e. The lowest BCUT2D eigenvalue weighted by atomic mass is 9.97. The fourth-order valence-electron chi connectivity index (χ4n) is 4.01. The number of benzene rings is 2. The van der Waals surface area contributed by atoms with Gasteiger partial charge in [0.15, 0.2) is 0 Å². The summed E-state index contributed by atoms with van der Waals surface area (Å²) < 4.78 is 41.1. The fraction of sp³-hybridized carbons (Fsp3) is 0.250. The molecular formula is C28H25F3N2O3. The Morgan fingerprint density at radius 3 is 2.61 bits per heavy atom. The lowest BCUT2D eigenvalue weighted by Crippen LogP contribution is -2.50. The highest BCUT2D eigenvalue weighted by Crippen LogP contribution is 2.37. The molecule has 1 saturated heterocycles. The molecule has 0 radical (unpaired) electrons. The van der Waals surface area contributed by atoms with E-state index in [-0.39, 0.29) is 18.1 Å². The first-order valence-corrected chi connectivity index (χ1v) is 11.4. The van der Waals surface area contributed by atoms with E-state index in [2.05, 4.69) is 10.9 Å². The van der Waals surface area contributed by atoms with Crippen molar-refractivity contribution in [3.8, 4) is 11.1 Å². The van der Waals surface area contributed by atoms with Gasteiger partial charge in [-0.1, -0.05) is 53.7 Å². The third-order valence-corrected chi connectivity index (χ3v) is 6.02. The Balaban J connectivity index is 1.37. The zero-order valence-corrected chi connectivity index (χ0v) is 19.6. The number of nitrogens with zero attached hydrogens (tertiary/aromatic N) is 2. The fourth-order valence-corrected chi connectivity index (χ4v) is 4.01. The molecule has 1 aliphatic heterocycles. The predicted molar refractivity (Wildman–Crippen MR) is 131 cm³/mol. The van der Waals surface area contributed by atoms with Gasteiger partial charge in [-0.25, -0.2) is 0 Å². The number of carboxylic acid groups (broad SMARTS) is 1. The number of rotatable bonds is 8. The quantitative estimate of drug-likeness (QED) is 0.284. The maximum Gasteiger partial charge on any atom is 0.417 e. The van der Waals surface area contributed by atoms with Gasteiger partial charge in [-0.3, -0.25) is 9.69 Å². The molecule has 0 bridgehead atoms. The number of likely N-dealkylation sites (tertiary alicyclic amines) is 1. The number of aliphatic carboxylic acids is 1. The number of carbonyl (C=O) groups is 1. The lowest BCUT2D eigenvalue weighted by Gasteiger charge is -2.36. The summed E-state index contributed by atoms with van der Waals surface area (Å²) in [5.74, 6) is -1.09. The zero-order chi connectivity index (χ0) is 25.7. The second-order valence-corrected chi connectivity index (χ2v) is 8.71. The highest BCUT2D eigenvalue weighted by Gasteiger charge is 2.34. The van der Waals surface area contributed by atoms with E-state index in [0.29, 0.717) is 36.5 Å². The molecule has 0 saturated carbocycles. The number of oxime groups is 1. The van der Waals surface area contributed by atoms with Crippen LogP contribution in [0, 0.1) is 5.92 Å². The van der Waals surface area contributed by atoms with Crippen LogP contribution in [0.1, 0.15) is 18.1 Å². The van der Waals surface area contributed by atoms with Crippen molar-refractivity contribution in [2.75, 3.05) is 19.6 Å². The van der Waals surface area contributed by atoms with Crippen molar-refractivity contribution in [2.45, 2.75) is 19.7 Å². The van der Waals surface area contributed by atoms with Gasteiger partial charge >= 0.3 is 12.1 Å². The first-order valence-electron chi connectivity index (χ1n) is 11.4. The number of alkyl halides is 3. The van der Waals surface area contributed by atoms with E-state index in [1.54, 1.807) is 49.4 Å². The summed E-state index contributed by atoms with van der Waals surface area (Å²) in [5, 5.41) is 13.1. The Morgan fingerprint density at radius 1 is 1.17 bits per heavy atom. The molecule has 5 nitrogen and oxygen atoms in total. The van der Waals surface area contributed by atoms with E-state index >= 15 is 0 Å². The number of hydrogen-bond acceptors (Lipinski definition) is 4. The second kappa shape index (κ2) is 10.8. The topological polar surface area (TPSA) is 62.1 Å². The van der Waals surface area contributed by atoms with E-state index in [1.165, 1.54) is 6.07 Å². The van der Waals surface area contributed by atoms with Gasteiger partial charge < -0.3 is 9.94 Å². The van der Waals surface area contributed by atoms with E-state index in [9.17, 15) is 18.0 Å². The summed E-state index contributed by atoms with van der Waals surface area (Å²) in [5.41, 5.74) is 5.69. The van der Waals surface area contributed by atoms with Crippen LogP contribution in [-0.2, 0) is 22.4 Å². The van der Waals surface area contributed by atoms with Crippen LogP contribution in [0.15, 0.2) is 94.9 Å². The Hall–Kier alpha value is -3.87. The third-order valence-electron chi connectivity index (χ3n) is 6.02. The summed E-state index contributed by atoms with van der Waals surface area (Å²) in [6.07, 6.45) is 2.82. The molecule has 1 fully saturated rings. The molecule has 0 amide bonds. The van der Waals surface area contributed by atoms with Gasteiger partial charge in [-0.2, -0.15) is 13.2 Å². The molecule has 1 N–H and O–H groups in total. The standard InChI is InChI=1S/C28H25F3N2O3/c1-19(22-9-5-6-20(10-12-22)15-33-16-24(17-33)27(34)35)32-36-18-21-11-13-25(23-7-3-2-4-8-23)26(14-21)28(29,30)31/h2-5,7-14,24H,15-18H2,1H3,(H,34,35). The smallest absolute Gasteiger partial charge is 0.417 e. The van der Waals surface area contributed by atoms with E-state index in [0.717, 1.165) is 17.2 Å². The number of halogens is 3. The second-order valence-electron chi connectivity index (χ2n) is 8.71. The molecule has 1 heterocycles. The Labute approximate surface area is 207 Å². The Bertz CT molecular complexity index is 1280. The van der Waals surface area contributed by atoms with E-state index in [4.69, 9.17) is 9.94 Å². The van der Waals surface area contributed by atoms with Crippen molar-refractivity contribution in [2.24, 2.45) is 11.1 Å². The van der Waals surface area contributed by atoms with Crippen LogP contribution < -0.4 is 0 Å². The zero-order valence-electron chi connectivity index (χ0n) is 19.6. The summed E-state index contributed by atoms with van der Waals surface area (Å²) in [6, 6.07) is 12.6. The van der Waals surface area contributed by atoms with Crippen molar-refractivity contribution < 1.29 is 27.9 Å². The first kappa shape index (κ1) is 25.2. The van der Waals surface area contributed by atoms with Crippen molar-refractivity contribution >= 4 is 11.7 Å². The molecule has 0 atom stereocenters. The maximum atomic E-state index is 13.7. The number of allylic oxidation sites excluding steroid dienone is 3. The first-order chi connectivity index (χ1) is 17.2. The van der Waals surface area contributed by atoms with Gasteiger partial charge in [-0.05, 0) is 53.5 Å². The van der Waals surface area contributed by atoms with Crippen molar-refractivity contribution in [1.29, 1.82) is 0 Å². The third kappa shape index (κ3) is 6.22. The maximum absolute atomic E-state index is 13.7. The monoisotopic (exact) mass is 494 g/mol. The van der Waals surface area contributed by atoms with Crippen LogP contribution in [-0.4, -0.2) is 41.3 Å². The Kier molecular flexibility index (Phi) is 7.58.